The minimum absolute atomic E-state index is 0.00776. The maximum Gasteiger partial charge on any atom is 0.248 e. The third-order valence-electron chi connectivity index (χ3n) is 5.40. The first-order chi connectivity index (χ1) is 13.4. The van der Waals surface area contributed by atoms with E-state index in [-0.39, 0.29) is 18.3 Å². The van der Waals surface area contributed by atoms with Crippen molar-refractivity contribution in [1.29, 1.82) is 0 Å². The molecule has 3 rings (SSSR count). The van der Waals surface area contributed by atoms with Gasteiger partial charge in [0.2, 0.25) is 11.8 Å². The second-order valence-corrected chi connectivity index (χ2v) is 7.35. The minimum atomic E-state index is -0.804. The number of piperidine rings is 1. The van der Waals surface area contributed by atoms with E-state index in [4.69, 9.17) is 10.5 Å². The Morgan fingerprint density at radius 1 is 1.18 bits per heavy atom. The normalized spacial score (nSPS) is 19.4. The van der Waals surface area contributed by atoms with Crippen molar-refractivity contribution in [2.75, 3.05) is 26.8 Å². The first-order valence-electron chi connectivity index (χ1n) is 9.36. The fraction of sp³-hybridized carbons (Fsp3) is 0.364. The Morgan fingerprint density at radius 2 is 1.89 bits per heavy atom. The molecule has 2 aromatic rings. The lowest BCUT2D eigenvalue weighted by molar-refractivity contribution is -0.142. The molecule has 2 aromatic carbocycles. The van der Waals surface area contributed by atoms with Crippen LogP contribution in [0.1, 0.15) is 18.4 Å². The number of amides is 2. The highest BCUT2D eigenvalue weighted by atomic mass is 19.1. The molecule has 28 heavy (non-hydrogen) atoms. The summed E-state index contributed by atoms with van der Waals surface area (Å²) in [4.78, 5) is 26.2. The van der Waals surface area contributed by atoms with E-state index in [0.717, 1.165) is 11.1 Å². The van der Waals surface area contributed by atoms with Crippen molar-refractivity contribution in [3.05, 3.63) is 59.9 Å². The summed E-state index contributed by atoms with van der Waals surface area (Å²) in [7, 11) is 1.47. The largest absolute Gasteiger partial charge is 0.375 e. The van der Waals surface area contributed by atoms with Crippen LogP contribution in [0.3, 0.4) is 0 Å². The molecular formula is C22H25FN2O3. The number of ether oxygens (including phenoxy) is 1. The van der Waals surface area contributed by atoms with E-state index in [1.807, 2.05) is 24.3 Å². The van der Waals surface area contributed by atoms with E-state index < -0.39 is 11.3 Å². The number of primary amides is 1. The molecule has 1 aliphatic rings. The van der Waals surface area contributed by atoms with Crippen LogP contribution in [0, 0.1) is 11.2 Å². The van der Waals surface area contributed by atoms with Crippen molar-refractivity contribution >= 4 is 11.8 Å². The van der Waals surface area contributed by atoms with Gasteiger partial charge in [0.15, 0.2) is 0 Å². The lowest BCUT2D eigenvalue weighted by Crippen LogP contribution is -2.53. The third kappa shape index (κ3) is 4.22. The number of methoxy groups -OCH3 is 1. The maximum atomic E-state index is 14.0. The second kappa shape index (κ2) is 8.52. The van der Waals surface area contributed by atoms with Gasteiger partial charge in [-0.3, -0.25) is 9.59 Å². The monoisotopic (exact) mass is 384 g/mol. The molecule has 1 fully saturated rings. The van der Waals surface area contributed by atoms with Crippen LogP contribution >= 0.6 is 0 Å². The van der Waals surface area contributed by atoms with E-state index in [0.29, 0.717) is 37.9 Å². The van der Waals surface area contributed by atoms with Gasteiger partial charge < -0.3 is 15.4 Å². The zero-order valence-electron chi connectivity index (χ0n) is 16.0. The molecule has 0 aromatic heterocycles. The number of likely N-dealkylation sites (tertiary alicyclic amines) is 1. The predicted molar refractivity (Wildman–Crippen MR) is 105 cm³/mol. The summed E-state index contributed by atoms with van der Waals surface area (Å²) < 4.78 is 18.9. The Morgan fingerprint density at radius 3 is 2.54 bits per heavy atom. The Balaban J connectivity index is 1.80. The topological polar surface area (TPSA) is 72.6 Å². The zero-order valence-corrected chi connectivity index (χ0v) is 16.0. The van der Waals surface area contributed by atoms with Crippen molar-refractivity contribution in [2.45, 2.75) is 19.3 Å². The van der Waals surface area contributed by atoms with Gasteiger partial charge in [-0.2, -0.15) is 0 Å². The van der Waals surface area contributed by atoms with Crippen LogP contribution < -0.4 is 5.73 Å². The van der Waals surface area contributed by atoms with Crippen LogP contribution in [0.15, 0.2) is 48.5 Å². The molecule has 1 heterocycles. The second-order valence-electron chi connectivity index (χ2n) is 7.35. The smallest absolute Gasteiger partial charge is 0.248 e. The molecule has 2 N–H and O–H groups in total. The van der Waals surface area contributed by atoms with Crippen LogP contribution in [0.5, 0.6) is 0 Å². The van der Waals surface area contributed by atoms with E-state index >= 15 is 0 Å². The maximum absolute atomic E-state index is 14.0. The number of carbonyl (C=O) groups excluding carboxylic acids is 2. The molecule has 0 spiro atoms. The molecule has 5 nitrogen and oxygen atoms in total. The molecule has 0 saturated carbocycles. The molecule has 1 aliphatic heterocycles. The minimum Gasteiger partial charge on any atom is -0.375 e. The van der Waals surface area contributed by atoms with Gasteiger partial charge in [0.1, 0.15) is 12.4 Å². The molecule has 6 heteroatoms. The summed E-state index contributed by atoms with van der Waals surface area (Å²) in [5.74, 6) is -0.813. The fourth-order valence-electron chi connectivity index (χ4n) is 3.88. The number of carbonyl (C=O) groups is 2. The number of halogens is 1. The quantitative estimate of drug-likeness (QED) is 0.832. The highest BCUT2D eigenvalue weighted by molar-refractivity contribution is 5.84. The third-order valence-corrected chi connectivity index (χ3v) is 5.40. The number of hydrogen-bond acceptors (Lipinski definition) is 3. The van der Waals surface area contributed by atoms with Gasteiger partial charge >= 0.3 is 0 Å². The average molecular weight is 384 g/mol. The molecule has 0 aliphatic carbocycles. The van der Waals surface area contributed by atoms with Crippen molar-refractivity contribution in [2.24, 2.45) is 11.1 Å². The Bertz CT molecular complexity index is 853. The predicted octanol–water partition coefficient (Wildman–Crippen LogP) is 2.78. The van der Waals surface area contributed by atoms with E-state index in [1.54, 1.807) is 23.1 Å². The van der Waals surface area contributed by atoms with E-state index in [1.165, 1.54) is 13.2 Å². The standard InChI is InChI=1S/C22H25FN2O3/c1-28-14-20(26)25-12-4-11-22(15-25,21(24)27)13-16-7-9-17(10-8-16)18-5-2-3-6-19(18)23/h2-3,5-10H,4,11-15H2,1H3,(H2,24,27)/t22-/m0/s1. The SMILES string of the molecule is COCC(=O)N1CCC[C@@](Cc2ccc(-c3ccccc3F)cc2)(C(N)=O)C1. The van der Waals surface area contributed by atoms with Crippen molar-refractivity contribution < 1.29 is 18.7 Å². The number of nitrogens with zero attached hydrogens (tertiary/aromatic N) is 1. The van der Waals surface area contributed by atoms with E-state index in [9.17, 15) is 14.0 Å². The molecule has 0 unspecified atom stereocenters. The summed E-state index contributed by atoms with van der Waals surface area (Å²) in [6, 6.07) is 14.1. The lowest BCUT2D eigenvalue weighted by Gasteiger charge is -2.41. The highest BCUT2D eigenvalue weighted by Crippen LogP contribution is 2.34. The van der Waals surface area contributed by atoms with Gasteiger partial charge in [-0.1, -0.05) is 42.5 Å². The summed E-state index contributed by atoms with van der Waals surface area (Å²) in [5.41, 5.74) is 7.20. The van der Waals surface area contributed by atoms with Crippen molar-refractivity contribution in [3.63, 3.8) is 0 Å². The molecule has 0 radical (unpaired) electrons. The van der Waals surface area contributed by atoms with Crippen LogP contribution in [0.2, 0.25) is 0 Å². The average Bonchev–Trinajstić information content (AvgIpc) is 2.69. The van der Waals surface area contributed by atoms with Gasteiger partial charge in [-0.25, -0.2) is 4.39 Å². The fourth-order valence-corrected chi connectivity index (χ4v) is 3.88. The van der Waals surface area contributed by atoms with Crippen LogP contribution in [-0.4, -0.2) is 43.5 Å². The Kier molecular flexibility index (Phi) is 6.09. The van der Waals surface area contributed by atoms with Gasteiger partial charge in [0.25, 0.3) is 0 Å². The molecule has 2 amide bonds. The van der Waals surface area contributed by atoms with Gasteiger partial charge in [0.05, 0.1) is 5.41 Å². The lowest BCUT2D eigenvalue weighted by atomic mass is 9.74. The van der Waals surface area contributed by atoms with E-state index in [2.05, 4.69) is 0 Å². The number of benzene rings is 2. The number of nitrogens with two attached hydrogens (primary N) is 1. The highest BCUT2D eigenvalue weighted by Gasteiger charge is 2.42. The number of rotatable bonds is 6. The summed E-state index contributed by atoms with van der Waals surface area (Å²) in [6.07, 6.45) is 1.79. The zero-order chi connectivity index (χ0) is 20.1. The first-order valence-corrected chi connectivity index (χ1v) is 9.36. The van der Waals surface area contributed by atoms with Crippen LogP contribution in [0.4, 0.5) is 4.39 Å². The van der Waals surface area contributed by atoms with Crippen LogP contribution in [-0.2, 0) is 20.7 Å². The summed E-state index contributed by atoms with van der Waals surface area (Å²) in [6.45, 7) is 0.884. The van der Waals surface area contributed by atoms with Crippen molar-refractivity contribution in [3.8, 4) is 11.1 Å². The molecule has 1 atom stereocenters. The molecular weight excluding hydrogens is 359 g/mol. The first kappa shape index (κ1) is 20.0. The van der Waals surface area contributed by atoms with Crippen LogP contribution in [0.25, 0.3) is 11.1 Å². The number of hydrogen-bond donors (Lipinski definition) is 1. The molecule has 148 valence electrons. The molecule has 1 saturated heterocycles. The Hall–Kier alpha value is -2.73. The van der Waals surface area contributed by atoms with Crippen molar-refractivity contribution in [1.82, 2.24) is 4.90 Å². The summed E-state index contributed by atoms with van der Waals surface area (Å²) >= 11 is 0. The summed E-state index contributed by atoms with van der Waals surface area (Å²) in [5, 5.41) is 0. The Labute approximate surface area is 164 Å². The molecule has 0 bridgehead atoms. The van der Waals surface area contributed by atoms with Gasteiger partial charge in [-0.05, 0) is 36.5 Å². The van der Waals surface area contributed by atoms with Gasteiger partial charge in [-0.15, -0.1) is 0 Å². The van der Waals surface area contributed by atoms with Gasteiger partial charge in [0, 0.05) is 25.8 Å².